The number of carbonyl (C=O) groups is 1. The van der Waals surface area contributed by atoms with Crippen LogP contribution >= 0.6 is 12.4 Å². The van der Waals surface area contributed by atoms with Gasteiger partial charge in [-0.25, -0.2) is 0 Å². The summed E-state index contributed by atoms with van der Waals surface area (Å²) in [4.78, 5) is 12.2. The Morgan fingerprint density at radius 3 is 2.70 bits per heavy atom. The Hall–Kier alpha value is -1.06. The molecule has 1 aliphatic heterocycles. The molecule has 2 unspecified atom stereocenters. The summed E-state index contributed by atoms with van der Waals surface area (Å²) in [5.74, 6) is 0.0411. The molecule has 0 spiro atoms. The molecule has 20 heavy (non-hydrogen) atoms. The van der Waals surface area contributed by atoms with Gasteiger partial charge >= 0.3 is 0 Å². The molecule has 2 N–H and O–H groups in total. The fourth-order valence-electron chi connectivity index (χ4n) is 2.62. The van der Waals surface area contributed by atoms with Gasteiger partial charge in [-0.2, -0.15) is 0 Å². The number of hydrogen-bond acceptors (Lipinski definition) is 2. The van der Waals surface area contributed by atoms with Crippen molar-refractivity contribution in [1.82, 2.24) is 10.6 Å². The maximum Gasteiger partial charge on any atom is 0.227 e. The highest BCUT2D eigenvalue weighted by Crippen LogP contribution is 2.24. The van der Waals surface area contributed by atoms with E-state index in [0.717, 1.165) is 25.2 Å². The highest BCUT2D eigenvalue weighted by molar-refractivity contribution is 5.85. The van der Waals surface area contributed by atoms with Gasteiger partial charge in [0.25, 0.3) is 0 Å². The molecule has 1 heterocycles. The van der Waals surface area contributed by atoms with E-state index in [4.69, 9.17) is 0 Å². The summed E-state index contributed by atoms with van der Waals surface area (Å²) < 4.78 is 0. The number of rotatable bonds is 4. The fourth-order valence-corrected chi connectivity index (χ4v) is 2.62. The highest BCUT2D eigenvalue weighted by atomic mass is 35.5. The number of amides is 1. The Morgan fingerprint density at radius 1 is 1.40 bits per heavy atom. The number of benzene rings is 1. The first-order valence-electron chi connectivity index (χ1n) is 7.14. The molecule has 0 bridgehead atoms. The van der Waals surface area contributed by atoms with Crippen LogP contribution < -0.4 is 10.6 Å². The van der Waals surface area contributed by atoms with Crippen molar-refractivity contribution in [2.45, 2.75) is 32.6 Å². The summed E-state index contributed by atoms with van der Waals surface area (Å²) in [6.07, 6.45) is 2.38. The van der Waals surface area contributed by atoms with Crippen LogP contribution in [0, 0.1) is 5.41 Å². The van der Waals surface area contributed by atoms with E-state index in [0.29, 0.717) is 0 Å². The van der Waals surface area contributed by atoms with Crippen molar-refractivity contribution in [3.63, 3.8) is 0 Å². The predicted octanol–water partition coefficient (Wildman–Crippen LogP) is 2.72. The predicted molar refractivity (Wildman–Crippen MR) is 85.3 cm³/mol. The summed E-state index contributed by atoms with van der Waals surface area (Å²) >= 11 is 0. The van der Waals surface area contributed by atoms with E-state index < -0.39 is 0 Å². The molecular formula is C16H25ClN2O. The molecule has 0 saturated carbocycles. The van der Waals surface area contributed by atoms with Crippen molar-refractivity contribution in [3.05, 3.63) is 35.9 Å². The third-order valence-corrected chi connectivity index (χ3v) is 4.07. The van der Waals surface area contributed by atoms with Gasteiger partial charge in [0.1, 0.15) is 0 Å². The summed E-state index contributed by atoms with van der Waals surface area (Å²) in [7, 11) is 0. The Labute approximate surface area is 127 Å². The van der Waals surface area contributed by atoms with Crippen LogP contribution in [0.25, 0.3) is 0 Å². The zero-order valence-electron chi connectivity index (χ0n) is 12.3. The van der Waals surface area contributed by atoms with Gasteiger partial charge in [-0.05, 0) is 37.3 Å². The quantitative estimate of drug-likeness (QED) is 0.897. The molecule has 0 radical (unpaired) electrons. The molecule has 1 aromatic carbocycles. The first-order valence-corrected chi connectivity index (χ1v) is 7.14. The lowest BCUT2D eigenvalue weighted by Crippen LogP contribution is -2.46. The smallest absolute Gasteiger partial charge is 0.227 e. The second-order valence-corrected chi connectivity index (χ2v) is 5.94. The van der Waals surface area contributed by atoms with Crippen molar-refractivity contribution in [3.8, 4) is 0 Å². The van der Waals surface area contributed by atoms with Crippen LogP contribution in [0.1, 0.15) is 38.2 Å². The highest BCUT2D eigenvalue weighted by Gasteiger charge is 2.27. The lowest BCUT2D eigenvalue weighted by molar-refractivity contribution is -0.122. The molecular weight excluding hydrogens is 272 g/mol. The van der Waals surface area contributed by atoms with Crippen LogP contribution in [0.3, 0.4) is 0 Å². The lowest BCUT2D eigenvalue weighted by atomic mass is 9.82. The van der Waals surface area contributed by atoms with Gasteiger partial charge in [-0.3, -0.25) is 4.79 Å². The van der Waals surface area contributed by atoms with Gasteiger partial charge in [0.05, 0.1) is 5.92 Å². The average molecular weight is 297 g/mol. The minimum atomic E-state index is -0.0821. The third kappa shape index (κ3) is 4.50. The van der Waals surface area contributed by atoms with Gasteiger partial charge < -0.3 is 10.6 Å². The van der Waals surface area contributed by atoms with E-state index in [1.165, 1.54) is 12.8 Å². The Bertz CT molecular complexity index is 416. The molecule has 1 aromatic rings. The van der Waals surface area contributed by atoms with Crippen molar-refractivity contribution >= 4 is 18.3 Å². The number of halogens is 1. The van der Waals surface area contributed by atoms with Crippen molar-refractivity contribution < 1.29 is 4.79 Å². The van der Waals surface area contributed by atoms with Gasteiger partial charge in [-0.15, -0.1) is 12.4 Å². The third-order valence-electron chi connectivity index (χ3n) is 4.07. The fraction of sp³-hybridized carbons (Fsp3) is 0.562. The van der Waals surface area contributed by atoms with Crippen molar-refractivity contribution in [1.29, 1.82) is 0 Å². The Morgan fingerprint density at radius 2 is 2.10 bits per heavy atom. The van der Waals surface area contributed by atoms with Gasteiger partial charge in [0.2, 0.25) is 5.91 Å². The SMILES string of the molecule is CC(C(=O)NCC1(C)CCCNC1)c1ccccc1.Cl. The van der Waals surface area contributed by atoms with Crippen molar-refractivity contribution in [2.24, 2.45) is 5.41 Å². The maximum atomic E-state index is 12.2. The zero-order chi connectivity index (χ0) is 13.7. The topological polar surface area (TPSA) is 41.1 Å². The molecule has 2 atom stereocenters. The molecule has 2 rings (SSSR count). The van der Waals surface area contributed by atoms with E-state index in [1.807, 2.05) is 37.3 Å². The zero-order valence-corrected chi connectivity index (χ0v) is 13.1. The van der Waals surface area contributed by atoms with Gasteiger partial charge in [-0.1, -0.05) is 37.3 Å². The lowest BCUT2D eigenvalue weighted by Gasteiger charge is -2.34. The Kier molecular flexibility index (Phi) is 6.50. The first-order chi connectivity index (χ1) is 9.11. The number of nitrogens with one attached hydrogen (secondary N) is 2. The second kappa shape index (κ2) is 7.65. The Balaban J connectivity index is 0.00000200. The van der Waals surface area contributed by atoms with Gasteiger partial charge in [0, 0.05) is 13.1 Å². The van der Waals surface area contributed by atoms with E-state index >= 15 is 0 Å². The van der Waals surface area contributed by atoms with Crippen LogP contribution in [0.15, 0.2) is 30.3 Å². The standard InChI is InChI=1S/C16H24N2O.ClH/c1-13(14-7-4-3-5-8-14)15(19)18-12-16(2)9-6-10-17-11-16;/h3-5,7-8,13,17H,6,9-12H2,1-2H3,(H,18,19);1H. The van der Waals surface area contributed by atoms with Gasteiger partial charge in [0.15, 0.2) is 0 Å². The molecule has 1 aliphatic rings. The summed E-state index contributed by atoms with van der Waals surface area (Å²) in [5.41, 5.74) is 1.27. The monoisotopic (exact) mass is 296 g/mol. The average Bonchev–Trinajstić information content (AvgIpc) is 2.46. The van der Waals surface area contributed by atoms with Crippen LogP contribution in [0.4, 0.5) is 0 Å². The summed E-state index contributed by atoms with van der Waals surface area (Å²) in [6.45, 7) is 7.06. The number of piperidine rings is 1. The maximum absolute atomic E-state index is 12.2. The minimum Gasteiger partial charge on any atom is -0.355 e. The molecule has 112 valence electrons. The van der Waals surface area contributed by atoms with Crippen molar-refractivity contribution in [2.75, 3.05) is 19.6 Å². The van der Waals surface area contributed by atoms with E-state index in [1.54, 1.807) is 0 Å². The van der Waals surface area contributed by atoms with E-state index in [9.17, 15) is 4.79 Å². The molecule has 0 aromatic heterocycles. The normalized spacial score (nSPS) is 23.5. The van der Waals surface area contributed by atoms with Crippen LogP contribution in [0.2, 0.25) is 0 Å². The molecule has 4 heteroatoms. The summed E-state index contributed by atoms with van der Waals surface area (Å²) in [6, 6.07) is 9.95. The second-order valence-electron chi connectivity index (χ2n) is 5.94. The van der Waals surface area contributed by atoms with Crippen LogP contribution in [0.5, 0.6) is 0 Å². The van der Waals surface area contributed by atoms with Crippen LogP contribution in [-0.2, 0) is 4.79 Å². The molecule has 1 saturated heterocycles. The molecule has 0 aliphatic carbocycles. The first kappa shape index (κ1) is 17.0. The van der Waals surface area contributed by atoms with E-state index in [2.05, 4.69) is 17.6 Å². The molecule has 1 fully saturated rings. The molecule has 3 nitrogen and oxygen atoms in total. The summed E-state index contributed by atoms with van der Waals surface area (Å²) in [5, 5.41) is 6.52. The largest absolute Gasteiger partial charge is 0.355 e. The van der Waals surface area contributed by atoms with Crippen LogP contribution in [-0.4, -0.2) is 25.5 Å². The number of hydrogen-bond donors (Lipinski definition) is 2. The molecule has 1 amide bonds. The minimum absolute atomic E-state index is 0. The number of carbonyl (C=O) groups excluding carboxylic acids is 1. The van der Waals surface area contributed by atoms with E-state index in [-0.39, 0.29) is 29.6 Å².